The Morgan fingerprint density at radius 2 is 1.39 bits per heavy atom. The number of unbranched alkanes of at least 4 members (excludes halogenated alkanes) is 2. The maximum absolute atomic E-state index is 12.2. The van der Waals surface area contributed by atoms with Crippen molar-refractivity contribution in [1.82, 2.24) is 0 Å². The van der Waals surface area contributed by atoms with Crippen molar-refractivity contribution >= 4 is 36.7 Å². The highest BCUT2D eigenvalue weighted by Crippen LogP contribution is 2.35. The molecule has 8 atom stereocenters. The second-order valence-corrected chi connectivity index (χ2v) is 13.6. The summed E-state index contributed by atoms with van der Waals surface area (Å²) < 4.78 is 45.4. The smallest absolute Gasteiger partial charge is 0.465 e. The molecule has 15 heteroatoms. The standard InChI is InChI=1S/C23H32O9.C13H24O6/c24-16(8-5-14-6-9-17-19(11-14)31-22(26)29-17)3-1-2-4-21(25)28-13-15-7-10-18-20(12-15)32-23(27)30-18;1-4-18-13(15)19-11(2)7-5-6-8-12(16-3)9-17-10-14/h14-15,17-20H,1-13H2;10-12H,4-9H2,1-3H3. The van der Waals surface area contributed by atoms with Gasteiger partial charge in [0.05, 0.1) is 19.3 Å². The summed E-state index contributed by atoms with van der Waals surface area (Å²) in [5.41, 5.74) is 0. The molecule has 4 fully saturated rings. The fraction of sp³-hybridized carbons (Fsp3) is 0.833. The van der Waals surface area contributed by atoms with Crippen LogP contribution in [0.3, 0.4) is 0 Å². The average Bonchev–Trinajstić information content (AvgIpc) is 3.67. The molecular formula is C36H56O15. The Labute approximate surface area is 299 Å². The van der Waals surface area contributed by atoms with Crippen molar-refractivity contribution in [3.05, 3.63) is 0 Å². The second kappa shape index (κ2) is 23.0. The summed E-state index contributed by atoms with van der Waals surface area (Å²) in [6, 6.07) is 0. The van der Waals surface area contributed by atoms with Crippen LogP contribution in [0.15, 0.2) is 0 Å². The predicted molar refractivity (Wildman–Crippen MR) is 177 cm³/mol. The number of ether oxygens (including phenoxy) is 9. The molecule has 2 saturated heterocycles. The van der Waals surface area contributed by atoms with E-state index in [9.17, 15) is 28.8 Å². The van der Waals surface area contributed by atoms with E-state index in [1.54, 1.807) is 14.0 Å². The number of rotatable bonds is 21. The molecule has 0 N–H and O–H groups in total. The third-order valence-corrected chi connectivity index (χ3v) is 9.70. The molecule has 0 aromatic carbocycles. The summed E-state index contributed by atoms with van der Waals surface area (Å²) in [6.07, 6.45) is 8.91. The normalized spacial score (nSPS) is 25.9. The number of hydrogen-bond acceptors (Lipinski definition) is 15. The van der Waals surface area contributed by atoms with Crippen LogP contribution >= 0.6 is 0 Å². The van der Waals surface area contributed by atoms with E-state index < -0.39 is 18.5 Å². The van der Waals surface area contributed by atoms with Gasteiger partial charge in [0, 0.05) is 26.4 Å². The Hall–Kier alpha value is -3.62. The Kier molecular flexibility index (Phi) is 18.9. The summed E-state index contributed by atoms with van der Waals surface area (Å²) in [5, 5.41) is 0. The van der Waals surface area contributed by atoms with E-state index in [4.69, 9.17) is 33.2 Å². The largest absolute Gasteiger partial charge is 0.509 e. The van der Waals surface area contributed by atoms with Gasteiger partial charge in [-0.3, -0.25) is 14.4 Å². The average molecular weight is 729 g/mol. The number of Topliss-reactive ketones (excluding diaryl/α,β-unsaturated/α-hetero) is 1. The van der Waals surface area contributed by atoms with Crippen molar-refractivity contribution in [3.63, 3.8) is 0 Å². The highest BCUT2D eigenvalue weighted by atomic mass is 16.8. The van der Waals surface area contributed by atoms with E-state index >= 15 is 0 Å². The lowest BCUT2D eigenvalue weighted by molar-refractivity contribution is -0.146. The van der Waals surface area contributed by atoms with Crippen molar-refractivity contribution in [3.8, 4) is 0 Å². The molecule has 0 aromatic heterocycles. The number of hydrogen-bond donors (Lipinski definition) is 0. The molecule has 4 aliphatic rings. The molecule has 0 radical (unpaired) electrons. The lowest BCUT2D eigenvalue weighted by Gasteiger charge is -2.28. The fourth-order valence-corrected chi connectivity index (χ4v) is 6.81. The fourth-order valence-electron chi connectivity index (χ4n) is 6.81. The van der Waals surface area contributed by atoms with Crippen molar-refractivity contribution in [2.45, 2.75) is 153 Å². The number of fused-ring (bicyclic) bond motifs is 2. The van der Waals surface area contributed by atoms with Crippen LogP contribution in [0.25, 0.3) is 0 Å². The van der Waals surface area contributed by atoms with Crippen LogP contribution in [0.4, 0.5) is 14.4 Å². The van der Waals surface area contributed by atoms with E-state index in [0.29, 0.717) is 64.1 Å². The minimum Gasteiger partial charge on any atom is -0.465 e. The van der Waals surface area contributed by atoms with Gasteiger partial charge in [0.1, 0.15) is 42.9 Å². The summed E-state index contributed by atoms with van der Waals surface area (Å²) in [5.74, 6) is 0.541. The van der Waals surface area contributed by atoms with Crippen molar-refractivity contribution in [2.75, 3.05) is 26.9 Å². The molecule has 15 nitrogen and oxygen atoms in total. The van der Waals surface area contributed by atoms with Gasteiger partial charge in [0.2, 0.25) is 0 Å². The van der Waals surface area contributed by atoms with Gasteiger partial charge in [-0.25, -0.2) is 14.4 Å². The number of methoxy groups -OCH3 is 1. The molecule has 0 spiro atoms. The topological polar surface area (TPSA) is 185 Å². The van der Waals surface area contributed by atoms with Crippen LogP contribution in [0.5, 0.6) is 0 Å². The van der Waals surface area contributed by atoms with Gasteiger partial charge in [-0.05, 0) is 103 Å². The van der Waals surface area contributed by atoms with Crippen LogP contribution in [-0.4, -0.2) is 100 Å². The van der Waals surface area contributed by atoms with E-state index in [-0.39, 0.29) is 60.9 Å². The van der Waals surface area contributed by atoms with Crippen molar-refractivity contribution in [2.24, 2.45) is 11.8 Å². The monoisotopic (exact) mass is 728 g/mol. The summed E-state index contributed by atoms with van der Waals surface area (Å²) in [6.45, 7) is 4.91. The number of carbonyl (C=O) groups excluding carboxylic acids is 6. The highest BCUT2D eigenvalue weighted by molar-refractivity contribution is 5.78. The first-order valence-electron chi connectivity index (χ1n) is 18.4. The molecule has 51 heavy (non-hydrogen) atoms. The number of esters is 1. The number of ketones is 1. The summed E-state index contributed by atoms with van der Waals surface area (Å²) >= 11 is 0. The maximum Gasteiger partial charge on any atom is 0.509 e. The third kappa shape index (κ3) is 16.1. The van der Waals surface area contributed by atoms with Gasteiger partial charge in [-0.2, -0.15) is 0 Å². The minimum atomic E-state index is -0.621. The lowest BCUT2D eigenvalue weighted by atomic mass is 9.82. The van der Waals surface area contributed by atoms with Crippen LogP contribution in [0.1, 0.15) is 117 Å². The first-order chi connectivity index (χ1) is 24.6. The molecule has 0 amide bonds. The number of carbonyl (C=O) groups is 6. The minimum absolute atomic E-state index is 0.0773. The Balaban J connectivity index is 0.000000319. The molecular weight excluding hydrogens is 672 g/mol. The molecule has 290 valence electrons. The molecule has 2 aliphatic heterocycles. The van der Waals surface area contributed by atoms with Crippen molar-refractivity contribution in [1.29, 1.82) is 0 Å². The molecule has 8 unspecified atom stereocenters. The van der Waals surface area contributed by atoms with Crippen LogP contribution in [-0.2, 0) is 57.0 Å². The summed E-state index contributed by atoms with van der Waals surface area (Å²) in [4.78, 5) is 67.7. The van der Waals surface area contributed by atoms with Crippen LogP contribution < -0.4 is 0 Å². The predicted octanol–water partition coefficient (Wildman–Crippen LogP) is 6.14. The zero-order valence-electron chi connectivity index (χ0n) is 30.3. The van der Waals surface area contributed by atoms with Gasteiger partial charge in [0.25, 0.3) is 6.47 Å². The highest BCUT2D eigenvalue weighted by Gasteiger charge is 2.42. The van der Waals surface area contributed by atoms with E-state index in [1.165, 1.54) is 0 Å². The van der Waals surface area contributed by atoms with Gasteiger partial charge in [-0.1, -0.05) is 6.42 Å². The van der Waals surface area contributed by atoms with Gasteiger partial charge in [0.15, 0.2) is 0 Å². The lowest BCUT2D eigenvalue weighted by Crippen LogP contribution is -2.33. The zero-order chi connectivity index (χ0) is 37.0. The molecule has 0 bridgehead atoms. The van der Waals surface area contributed by atoms with E-state index in [0.717, 1.165) is 64.2 Å². The van der Waals surface area contributed by atoms with Crippen LogP contribution in [0, 0.1) is 11.8 Å². The quantitative estimate of drug-likeness (QED) is 0.0567. The molecule has 4 rings (SSSR count). The van der Waals surface area contributed by atoms with Crippen molar-refractivity contribution < 1.29 is 71.4 Å². The Morgan fingerprint density at radius 1 is 0.784 bits per heavy atom. The SMILES string of the molecule is CCOC(=O)OC(C)CCCCC(COC=O)OC.O=C(CCCCC(=O)OCC1CCC2OC(=O)OC2C1)CCC1CCC2OC(=O)OC2C1. The van der Waals surface area contributed by atoms with Gasteiger partial charge < -0.3 is 42.6 Å². The Morgan fingerprint density at radius 3 is 2.04 bits per heavy atom. The first kappa shape index (κ1) is 41.8. The van der Waals surface area contributed by atoms with E-state index in [1.807, 2.05) is 6.92 Å². The molecule has 0 aromatic rings. The first-order valence-corrected chi connectivity index (χ1v) is 18.4. The molecule has 2 saturated carbocycles. The van der Waals surface area contributed by atoms with Crippen LogP contribution in [0.2, 0.25) is 0 Å². The summed E-state index contributed by atoms with van der Waals surface area (Å²) in [7, 11) is 1.59. The second-order valence-electron chi connectivity index (χ2n) is 13.6. The van der Waals surface area contributed by atoms with Gasteiger partial charge in [-0.15, -0.1) is 0 Å². The molecule has 2 aliphatic carbocycles. The zero-order valence-corrected chi connectivity index (χ0v) is 30.3. The maximum atomic E-state index is 12.2. The molecule has 2 heterocycles. The van der Waals surface area contributed by atoms with E-state index in [2.05, 4.69) is 9.47 Å². The van der Waals surface area contributed by atoms with Gasteiger partial charge >= 0.3 is 24.4 Å². The third-order valence-electron chi connectivity index (χ3n) is 9.70. The Bertz CT molecular complexity index is 1050.